The van der Waals surface area contributed by atoms with Crippen molar-refractivity contribution in [1.82, 2.24) is 0 Å². The number of hydrogen-bond acceptors (Lipinski definition) is 2. The van der Waals surface area contributed by atoms with Crippen LogP contribution in [0, 0.1) is 0 Å². The molecule has 0 bridgehead atoms. The molecule has 0 amide bonds. The number of rotatable bonds is 3. The van der Waals surface area contributed by atoms with Gasteiger partial charge in [-0.3, -0.25) is 0 Å². The molecule has 2 nitrogen and oxygen atoms in total. The van der Waals surface area contributed by atoms with Gasteiger partial charge in [0.1, 0.15) is 11.5 Å². The maximum absolute atomic E-state index is 9.39. The van der Waals surface area contributed by atoms with E-state index in [4.69, 9.17) is 39.5 Å². The first kappa shape index (κ1) is 15.0. The van der Waals surface area contributed by atoms with Crippen LogP contribution in [0.5, 0.6) is 11.5 Å². The maximum atomic E-state index is 9.39. The summed E-state index contributed by atoms with van der Waals surface area (Å²) in [6, 6.07) is 8.33. The largest absolute Gasteiger partial charge is 0.508 e. The van der Waals surface area contributed by atoms with E-state index in [1.807, 2.05) is 12.1 Å². The summed E-state index contributed by atoms with van der Waals surface area (Å²) in [7, 11) is 1.56. The number of halogens is 3. The molecule has 20 heavy (non-hydrogen) atoms. The summed E-state index contributed by atoms with van der Waals surface area (Å²) in [5.74, 6) is 0.619. The van der Waals surface area contributed by atoms with E-state index in [0.29, 0.717) is 26.4 Å². The Bertz CT molecular complexity index is 643. The smallest absolute Gasteiger partial charge is 0.138 e. The Labute approximate surface area is 132 Å². The molecule has 0 aliphatic carbocycles. The molecule has 1 N–H and O–H groups in total. The number of aromatic hydroxyl groups is 1. The molecule has 0 aromatic heterocycles. The van der Waals surface area contributed by atoms with Crippen molar-refractivity contribution in [2.45, 2.75) is 0 Å². The standard InChI is InChI=1S/C15H11Cl3O2/c1-20-14-4-2-3-9(15(14)18)5-6-11-12(16)7-10(19)8-13(11)17/h2-8,19H,1H3/b6-5-. The quantitative estimate of drug-likeness (QED) is 0.750. The van der Waals surface area contributed by atoms with Crippen molar-refractivity contribution in [2.75, 3.05) is 7.11 Å². The number of methoxy groups -OCH3 is 1. The highest BCUT2D eigenvalue weighted by Crippen LogP contribution is 2.33. The van der Waals surface area contributed by atoms with E-state index in [9.17, 15) is 5.11 Å². The molecule has 0 saturated heterocycles. The first-order chi connectivity index (χ1) is 9.52. The van der Waals surface area contributed by atoms with Crippen molar-refractivity contribution in [2.24, 2.45) is 0 Å². The third kappa shape index (κ3) is 3.21. The summed E-state index contributed by atoms with van der Waals surface area (Å²) in [4.78, 5) is 0. The van der Waals surface area contributed by atoms with Gasteiger partial charge in [0.15, 0.2) is 0 Å². The Morgan fingerprint density at radius 2 is 1.70 bits per heavy atom. The van der Waals surface area contributed by atoms with Crippen LogP contribution in [0.1, 0.15) is 11.1 Å². The van der Waals surface area contributed by atoms with Crippen molar-refractivity contribution in [1.29, 1.82) is 0 Å². The number of benzene rings is 2. The van der Waals surface area contributed by atoms with Gasteiger partial charge in [-0.15, -0.1) is 0 Å². The normalized spacial score (nSPS) is 11.0. The van der Waals surface area contributed by atoms with Crippen LogP contribution >= 0.6 is 34.8 Å². The molecular weight excluding hydrogens is 319 g/mol. The minimum atomic E-state index is 0.0246. The molecule has 0 aliphatic rings. The minimum Gasteiger partial charge on any atom is -0.508 e. The van der Waals surface area contributed by atoms with Crippen molar-refractivity contribution in [3.63, 3.8) is 0 Å². The third-order valence-corrected chi connectivity index (χ3v) is 3.74. The van der Waals surface area contributed by atoms with Crippen LogP contribution in [0.3, 0.4) is 0 Å². The van der Waals surface area contributed by atoms with Gasteiger partial charge in [-0.05, 0) is 23.8 Å². The topological polar surface area (TPSA) is 29.5 Å². The van der Waals surface area contributed by atoms with Gasteiger partial charge in [0.2, 0.25) is 0 Å². The van der Waals surface area contributed by atoms with Gasteiger partial charge in [0, 0.05) is 5.56 Å². The molecule has 104 valence electrons. The summed E-state index contributed by atoms with van der Waals surface area (Å²) in [5.41, 5.74) is 1.40. The molecule has 0 saturated carbocycles. The third-order valence-electron chi connectivity index (χ3n) is 2.71. The average Bonchev–Trinajstić information content (AvgIpc) is 2.39. The monoisotopic (exact) mass is 328 g/mol. The van der Waals surface area contributed by atoms with Crippen LogP contribution in [0.15, 0.2) is 30.3 Å². The van der Waals surface area contributed by atoms with E-state index in [1.165, 1.54) is 12.1 Å². The maximum Gasteiger partial charge on any atom is 0.138 e. The van der Waals surface area contributed by atoms with Crippen LogP contribution in [0.2, 0.25) is 15.1 Å². The highest BCUT2D eigenvalue weighted by Gasteiger charge is 2.07. The molecule has 0 fully saturated rings. The lowest BCUT2D eigenvalue weighted by Crippen LogP contribution is -1.85. The van der Waals surface area contributed by atoms with Gasteiger partial charge in [0.25, 0.3) is 0 Å². The SMILES string of the molecule is COc1cccc(/C=C\c2c(Cl)cc(O)cc2Cl)c1Cl. The van der Waals surface area contributed by atoms with Crippen molar-refractivity contribution >= 4 is 47.0 Å². The Morgan fingerprint density at radius 1 is 1.05 bits per heavy atom. The van der Waals surface area contributed by atoms with Gasteiger partial charge in [0.05, 0.1) is 22.2 Å². The molecule has 2 rings (SSSR count). The predicted octanol–water partition coefficient (Wildman–Crippen LogP) is 5.53. The zero-order chi connectivity index (χ0) is 14.7. The van der Waals surface area contributed by atoms with Gasteiger partial charge >= 0.3 is 0 Å². The highest BCUT2D eigenvalue weighted by molar-refractivity contribution is 6.37. The first-order valence-corrected chi connectivity index (χ1v) is 6.85. The second-order valence-electron chi connectivity index (χ2n) is 4.02. The predicted molar refractivity (Wildman–Crippen MR) is 85.1 cm³/mol. The molecule has 2 aromatic carbocycles. The van der Waals surface area contributed by atoms with E-state index < -0.39 is 0 Å². The summed E-state index contributed by atoms with van der Waals surface area (Å²) in [5, 5.41) is 10.6. The lowest BCUT2D eigenvalue weighted by Gasteiger charge is -2.06. The first-order valence-electron chi connectivity index (χ1n) is 5.71. The Hall–Kier alpha value is -1.35. The Kier molecular flexibility index (Phi) is 4.81. The van der Waals surface area contributed by atoms with Crippen molar-refractivity contribution in [3.8, 4) is 11.5 Å². The van der Waals surface area contributed by atoms with E-state index in [1.54, 1.807) is 25.3 Å². The summed E-state index contributed by atoms with van der Waals surface area (Å²) in [6.45, 7) is 0. The van der Waals surface area contributed by atoms with Crippen molar-refractivity contribution in [3.05, 3.63) is 56.5 Å². The van der Waals surface area contributed by atoms with Gasteiger partial charge in [-0.1, -0.05) is 59.1 Å². The molecule has 0 unspecified atom stereocenters. The fourth-order valence-electron chi connectivity index (χ4n) is 1.72. The summed E-state index contributed by atoms with van der Waals surface area (Å²) in [6.07, 6.45) is 3.53. The van der Waals surface area contributed by atoms with E-state index in [0.717, 1.165) is 5.56 Å². The molecule has 5 heteroatoms. The van der Waals surface area contributed by atoms with Gasteiger partial charge < -0.3 is 9.84 Å². The van der Waals surface area contributed by atoms with Crippen LogP contribution in [-0.2, 0) is 0 Å². The Morgan fingerprint density at radius 3 is 2.30 bits per heavy atom. The molecule has 0 spiro atoms. The molecule has 2 aromatic rings. The number of hydrogen-bond donors (Lipinski definition) is 1. The molecule has 0 atom stereocenters. The highest BCUT2D eigenvalue weighted by atomic mass is 35.5. The molecular formula is C15H11Cl3O2. The molecule has 0 heterocycles. The van der Waals surface area contributed by atoms with Crippen LogP contribution in [-0.4, -0.2) is 12.2 Å². The van der Waals surface area contributed by atoms with E-state index >= 15 is 0 Å². The van der Waals surface area contributed by atoms with Crippen molar-refractivity contribution < 1.29 is 9.84 Å². The van der Waals surface area contributed by atoms with E-state index in [2.05, 4.69) is 0 Å². The van der Waals surface area contributed by atoms with Gasteiger partial charge in [-0.25, -0.2) is 0 Å². The molecule has 0 radical (unpaired) electrons. The average molecular weight is 330 g/mol. The van der Waals surface area contributed by atoms with Gasteiger partial charge in [-0.2, -0.15) is 0 Å². The second-order valence-corrected chi connectivity index (χ2v) is 5.21. The minimum absolute atomic E-state index is 0.0246. The number of ether oxygens (including phenoxy) is 1. The summed E-state index contributed by atoms with van der Waals surface area (Å²) >= 11 is 18.3. The second kappa shape index (κ2) is 6.40. The zero-order valence-electron chi connectivity index (χ0n) is 10.5. The van der Waals surface area contributed by atoms with Crippen LogP contribution < -0.4 is 4.74 Å². The molecule has 0 aliphatic heterocycles. The number of phenols is 1. The zero-order valence-corrected chi connectivity index (χ0v) is 12.8. The van der Waals surface area contributed by atoms with Crippen LogP contribution in [0.25, 0.3) is 12.2 Å². The number of phenolic OH excluding ortho intramolecular Hbond substituents is 1. The lowest BCUT2D eigenvalue weighted by atomic mass is 10.1. The lowest BCUT2D eigenvalue weighted by molar-refractivity contribution is 0.415. The Balaban J connectivity index is 2.40. The summed E-state index contributed by atoms with van der Waals surface area (Å²) < 4.78 is 5.15. The fourth-order valence-corrected chi connectivity index (χ4v) is 2.59. The fraction of sp³-hybridized carbons (Fsp3) is 0.0667. The van der Waals surface area contributed by atoms with E-state index in [-0.39, 0.29) is 5.75 Å². The van der Waals surface area contributed by atoms with Crippen LogP contribution in [0.4, 0.5) is 0 Å².